The summed E-state index contributed by atoms with van der Waals surface area (Å²) in [5.41, 5.74) is 6.41. The number of carbonyl (C=O) groups is 1. The van der Waals surface area contributed by atoms with Crippen LogP contribution >= 0.6 is 0 Å². The highest BCUT2D eigenvalue weighted by Gasteiger charge is 2.37. The summed E-state index contributed by atoms with van der Waals surface area (Å²) in [6, 6.07) is 4.63. The summed E-state index contributed by atoms with van der Waals surface area (Å²) in [5.74, 6) is -0.491. The fourth-order valence-corrected chi connectivity index (χ4v) is 3.35. The first-order valence-corrected chi connectivity index (χ1v) is 7.16. The van der Waals surface area contributed by atoms with Gasteiger partial charge in [0.2, 0.25) is 0 Å². The second-order valence-electron chi connectivity index (χ2n) is 5.83. The lowest BCUT2D eigenvalue weighted by atomic mass is 10.1. The van der Waals surface area contributed by atoms with Crippen molar-refractivity contribution < 1.29 is 9.18 Å². The van der Waals surface area contributed by atoms with Crippen molar-refractivity contribution in [2.24, 2.45) is 0 Å². The normalized spacial score (nSPS) is 26.6. The quantitative estimate of drug-likeness (QED) is 0.795. The molecule has 2 aliphatic rings. The number of amides is 1. The minimum Gasteiger partial charge on any atom is -0.398 e. The van der Waals surface area contributed by atoms with Crippen LogP contribution in [0, 0.1) is 5.82 Å². The van der Waals surface area contributed by atoms with Crippen LogP contribution in [0.4, 0.5) is 10.1 Å². The number of piperazine rings is 1. The fraction of sp³-hybridized carbons (Fsp3) is 0.533. The lowest BCUT2D eigenvalue weighted by Gasteiger charge is -2.42. The van der Waals surface area contributed by atoms with E-state index in [4.69, 9.17) is 5.73 Å². The number of benzene rings is 1. The third-order valence-electron chi connectivity index (χ3n) is 4.44. The zero-order valence-electron chi connectivity index (χ0n) is 11.7. The molecule has 20 heavy (non-hydrogen) atoms. The molecular weight excluding hydrogens is 257 g/mol. The van der Waals surface area contributed by atoms with Crippen molar-refractivity contribution in [1.82, 2.24) is 9.80 Å². The molecular formula is C15H20FN3O. The second-order valence-corrected chi connectivity index (χ2v) is 5.83. The molecule has 2 heterocycles. The topological polar surface area (TPSA) is 49.6 Å². The Kier molecular flexibility index (Phi) is 3.38. The monoisotopic (exact) mass is 277 g/mol. The van der Waals surface area contributed by atoms with Gasteiger partial charge in [-0.25, -0.2) is 4.39 Å². The zero-order valence-corrected chi connectivity index (χ0v) is 11.7. The highest BCUT2D eigenvalue weighted by molar-refractivity contribution is 5.99. The molecule has 2 fully saturated rings. The molecule has 2 N–H and O–H groups in total. The third-order valence-corrected chi connectivity index (χ3v) is 4.44. The molecule has 2 aliphatic heterocycles. The number of hydrogen-bond acceptors (Lipinski definition) is 3. The number of hydrogen-bond donors (Lipinski definition) is 1. The van der Waals surface area contributed by atoms with E-state index >= 15 is 0 Å². The van der Waals surface area contributed by atoms with E-state index in [1.54, 1.807) is 0 Å². The zero-order chi connectivity index (χ0) is 14.3. The molecule has 0 aliphatic carbocycles. The Hall–Kier alpha value is -1.62. The smallest absolute Gasteiger partial charge is 0.256 e. The van der Waals surface area contributed by atoms with Gasteiger partial charge in [0, 0.05) is 30.9 Å². The summed E-state index contributed by atoms with van der Waals surface area (Å²) in [6.45, 7) is 4.86. The Morgan fingerprint density at radius 1 is 1.40 bits per heavy atom. The maximum Gasteiger partial charge on any atom is 0.256 e. The number of anilines is 1. The number of nitrogens with zero attached hydrogens (tertiary/aromatic N) is 2. The van der Waals surface area contributed by atoms with E-state index < -0.39 is 5.82 Å². The van der Waals surface area contributed by atoms with Crippen molar-refractivity contribution in [3.63, 3.8) is 0 Å². The van der Waals surface area contributed by atoms with Crippen LogP contribution in [0.25, 0.3) is 0 Å². The number of carbonyl (C=O) groups excluding carboxylic acids is 1. The maximum absolute atomic E-state index is 13.1. The number of halogens is 1. The molecule has 0 aromatic heterocycles. The molecule has 5 heteroatoms. The van der Waals surface area contributed by atoms with Gasteiger partial charge in [0.05, 0.1) is 5.56 Å². The Balaban J connectivity index is 1.82. The van der Waals surface area contributed by atoms with Gasteiger partial charge in [0.25, 0.3) is 5.91 Å². The summed E-state index contributed by atoms with van der Waals surface area (Å²) >= 11 is 0. The third kappa shape index (κ3) is 2.26. The minimum absolute atomic E-state index is 0.0819. The summed E-state index contributed by atoms with van der Waals surface area (Å²) < 4.78 is 13.1. The Morgan fingerprint density at radius 3 is 2.95 bits per heavy atom. The van der Waals surface area contributed by atoms with Gasteiger partial charge in [-0.2, -0.15) is 0 Å². The molecule has 2 unspecified atom stereocenters. The van der Waals surface area contributed by atoms with Gasteiger partial charge in [-0.3, -0.25) is 9.69 Å². The standard InChI is InChI=1S/C15H20FN3O/c1-10-8-18-6-2-3-12(18)9-19(10)15(20)13-5-4-11(16)7-14(13)17/h4-5,7,10,12H,2-3,6,8-9,17H2,1H3. The number of nitrogens with two attached hydrogens (primary N) is 1. The minimum atomic E-state index is -0.410. The summed E-state index contributed by atoms with van der Waals surface area (Å²) in [5, 5.41) is 0. The van der Waals surface area contributed by atoms with Gasteiger partial charge >= 0.3 is 0 Å². The lowest BCUT2D eigenvalue weighted by molar-refractivity contribution is 0.0396. The molecule has 0 bridgehead atoms. The number of nitrogen functional groups attached to an aromatic ring is 1. The molecule has 0 radical (unpaired) electrons. The van der Waals surface area contributed by atoms with Crippen molar-refractivity contribution in [1.29, 1.82) is 0 Å². The highest BCUT2D eigenvalue weighted by atomic mass is 19.1. The average Bonchev–Trinajstić information content (AvgIpc) is 2.84. The SMILES string of the molecule is CC1CN2CCCC2CN1C(=O)c1ccc(F)cc1N. The van der Waals surface area contributed by atoms with E-state index in [0.717, 1.165) is 26.1 Å². The predicted octanol–water partition coefficient (Wildman–Crippen LogP) is 1.72. The van der Waals surface area contributed by atoms with Crippen LogP contribution < -0.4 is 5.73 Å². The molecule has 0 spiro atoms. The molecule has 4 nitrogen and oxygen atoms in total. The van der Waals surface area contributed by atoms with E-state index in [2.05, 4.69) is 11.8 Å². The first-order valence-electron chi connectivity index (χ1n) is 7.16. The Labute approximate surface area is 118 Å². The molecule has 2 saturated heterocycles. The van der Waals surface area contributed by atoms with Gasteiger partial charge in [0.15, 0.2) is 0 Å². The number of rotatable bonds is 1. The van der Waals surface area contributed by atoms with E-state index in [1.165, 1.54) is 24.6 Å². The van der Waals surface area contributed by atoms with E-state index in [0.29, 0.717) is 11.6 Å². The molecule has 1 amide bonds. The van der Waals surface area contributed by atoms with Crippen LogP contribution in [0.1, 0.15) is 30.1 Å². The van der Waals surface area contributed by atoms with Crippen molar-refractivity contribution in [3.8, 4) is 0 Å². The Morgan fingerprint density at radius 2 is 2.20 bits per heavy atom. The van der Waals surface area contributed by atoms with Crippen LogP contribution in [0.15, 0.2) is 18.2 Å². The van der Waals surface area contributed by atoms with E-state index in [-0.39, 0.29) is 17.6 Å². The molecule has 2 atom stereocenters. The van der Waals surface area contributed by atoms with Crippen molar-refractivity contribution in [3.05, 3.63) is 29.6 Å². The first kappa shape index (κ1) is 13.4. The van der Waals surface area contributed by atoms with Gasteiger partial charge in [-0.15, -0.1) is 0 Å². The van der Waals surface area contributed by atoms with Crippen molar-refractivity contribution in [2.45, 2.75) is 31.8 Å². The number of fused-ring (bicyclic) bond motifs is 1. The molecule has 108 valence electrons. The summed E-state index contributed by atoms with van der Waals surface area (Å²) in [7, 11) is 0. The van der Waals surface area contributed by atoms with Gasteiger partial charge in [0.1, 0.15) is 5.82 Å². The molecule has 0 saturated carbocycles. The molecule has 1 aromatic carbocycles. The van der Waals surface area contributed by atoms with Crippen molar-refractivity contribution in [2.75, 3.05) is 25.4 Å². The lowest BCUT2D eigenvalue weighted by Crippen LogP contribution is -2.56. The van der Waals surface area contributed by atoms with Crippen molar-refractivity contribution >= 4 is 11.6 Å². The predicted molar refractivity (Wildman–Crippen MR) is 75.9 cm³/mol. The van der Waals surface area contributed by atoms with Gasteiger partial charge < -0.3 is 10.6 Å². The second kappa shape index (κ2) is 5.05. The first-order chi connectivity index (χ1) is 9.56. The molecule has 1 aromatic rings. The van der Waals surface area contributed by atoms with Crippen LogP contribution in [0.2, 0.25) is 0 Å². The largest absolute Gasteiger partial charge is 0.398 e. The van der Waals surface area contributed by atoms with Crippen LogP contribution in [-0.4, -0.2) is 47.4 Å². The Bertz CT molecular complexity index is 534. The van der Waals surface area contributed by atoms with Crippen LogP contribution in [0.3, 0.4) is 0 Å². The molecule has 3 rings (SSSR count). The van der Waals surface area contributed by atoms with Crippen LogP contribution in [-0.2, 0) is 0 Å². The average molecular weight is 277 g/mol. The highest BCUT2D eigenvalue weighted by Crippen LogP contribution is 2.26. The van der Waals surface area contributed by atoms with Gasteiger partial charge in [-0.1, -0.05) is 0 Å². The van der Waals surface area contributed by atoms with Crippen LogP contribution in [0.5, 0.6) is 0 Å². The summed E-state index contributed by atoms with van der Waals surface area (Å²) in [6.07, 6.45) is 2.35. The van der Waals surface area contributed by atoms with Gasteiger partial charge in [-0.05, 0) is 44.5 Å². The van der Waals surface area contributed by atoms with E-state index in [1.807, 2.05) is 4.90 Å². The van der Waals surface area contributed by atoms with E-state index in [9.17, 15) is 9.18 Å². The fourth-order valence-electron chi connectivity index (χ4n) is 3.35. The summed E-state index contributed by atoms with van der Waals surface area (Å²) in [4.78, 5) is 17.0. The maximum atomic E-state index is 13.1.